The number of likely N-dealkylation sites (N-methyl/N-ethyl adjacent to an activating group) is 1. The molecule has 0 spiro atoms. The molecule has 112 valence electrons. The minimum Gasteiger partial charge on any atom is -0.488 e. The van der Waals surface area contributed by atoms with E-state index < -0.39 is 5.82 Å². The zero-order chi connectivity index (χ0) is 14.7. The SMILES string of the molecule is CC(C)Oc1cc(NN2CCN(C)CC2)c(N)cc1F. The molecule has 1 aromatic rings. The fraction of sp³-hybridized carbons (Fsp3) is 0.571. The first-order valence-electron chi connectivity index (χ1n) is 6.91. The van der Waals surface area contributed by atoms with Crippen LogP contribution in [0.15, 0.2) is 12.1 Å². The van der Waals surface area contributed by atoms with Gasteiger partial charge in [0.15, 0.2) is 11.6 Å². The third kappa shape index (κ3) is 3.74. The molecule has 1 aliphatic heterocycles. The lowest BCUT2D eigenvalue weighted by atomic mass is 10.2. The topological polar surface area (TPSA) is 53.8 Å². The van der Waals surface area contributed by atoms with Crippen LogP contribution in [0.3, 0.4) is 0 Å². The molecule has 1 fully saturated rings. The number of nitrogen functional groups attached to an aromatic ring is 1. The van der Waals surface area contributed by atoms with E-state index in [1.54, 1.807) is 6.07 Å². The number of ether oxygens (including phenoxy) is 1. The zero-order valence-electron chi connectivity index (χ0n) is 12.3. The molecule has 1 saturated heterocycles. The number of benzene rings is 1. The molecule has 1 heterocycles. The van der Waals surface area contributed by atoms with Crippen LogP contribution >= 0.6 is 0 Å². The Bertz CT molecular complexity index is 459. The number of piperazine rings is 1. The van der Waals surface area contributed by atoms with Gasteiger partial charge in [0, 0.05) is 38.3 Å². The quantitative estimate of drug-likeness (QED) is 0.824. The molecule has 0 amide bonds. The van der Waals surface area contributed by atoms with E-state index in [1.165, 1.54) is 6.07 Å². The lowest BCUT2D eigenvalue weighted by Crippen LogP contribution is -2.47. The van der Waals surface area contributed by atoms with Gasteiger partial charge in [-0.15, -0.1) is 0 Å². The molecule has 3 N–H and O–H groups in total. The van der Waals surface area contributed by atoms with Gasteiger partial charge in [-0.05, 0) is 20.9 Å². The van der Waals surface area contributed by atoms with E-state index >= 15 is 0 Å². The van der Waals surface area contributed by atoms with Crippen molar-refractivity contribution in [3.63, 3.8) is 0 Å². The van der Waals surface area contributed by atoms with Crippen molar-refractivity contribution < 1.29 is 9.13 Å². The van der Waals surface area contributed by atoms with Gasteiger partial charge < -0.3 is 20.8 Å². The van der Waals surface area contributed by atoms with Crippen molar-refractivity contribution in [2.45, 2.75) is 20.0 Å². The summed E-state index contributed by atoms with van der Waals surface area (Å²) in [4.78, 5) is 2.26. The second kappa shape index (κ2) is 6.28. The third-order valence-electron chi connectivity index (χ3n) is 3.25. The van der Waals surface area contributed by atoms with Crippen LogP contribution < -0.4 is 15.9 Å². The molecule has 0 radical (unpaired) electrons. The van der Waals surface area contributed by atoms with Gasteiger partial charge in [-0.2, -0.15) is 0 Å². The van der Waals surface area contributed by atoms with Crippen molar-refractivity contribution in [1.82, 2.24) is 9.91 Å². The van der Waals surface area contributed by atoms with Crippen LogP contribution in [0.5, 0.6) is 5.75 Å². The second-order valence-corrected chi connectivity index (χ2v) is 5.44. The minimum absolute atomic E-state index is 0.0791. The molecule has 0 unspecified atom stereocenters. The van der Waals surface area contributed by atoms with Gasteiger partial charge in [0.2, 0.25) is 0 Å². The molecule has 6 heteroatoms. The highest BCUT2D eigenvalue weighted by atomic mass is 19.1. The van der Waals surface area contributed by atoms with Gasteiger partial charge in [0.05, 0.1) is 17.5 Å². The van der Waals surface area contributed by atoms with Crippen molar-refractivity contribution in [1.29, 1.82) is 0 Å². The van der Waals surface area contributed by atoms with Crippen LogP contribution in [-0.4, -0.2) is 49.2 Å². The van der Waals surface area contributed by atoms with Crippen molar-refractivity contribution in [3.05, 3.63) is 17.9 Å². The van der Waals surface area contributed by atoms with Crippen molar-refractivity contribution in [3.8, 4) is 5.75 Å². The number of hydrogen-bond acceptors (Lipinski definition) is 5. The van der Waals surface area contributed by atoms with E-state index in [2.05, 4.69) is 22.4 Å². The standard InChI is InChI=1S/C14H23FN4O/c1-10(2)20-14-9-13(12(16)8-11(14)15)17-19-6-4-18(3)5-7-19/h8-10,17H,4-7,16H2,1-3H3. The summed E-state index contributed by atoms with van der Waals surface area (Å²) in [6.45, 7) is 7.50. The second-order valence-electron chi connectivity index (χ2n) is 5.44. The molecule has 0 aliphatic carbocycles. The number of nitrogens with one attached hydrogen (secondary N) is 1. The lowest BCUT2D eigenvalue weighted by molar-refractivity contribution is 0.179. The van der Waals surface area contributed by atoms with E-state index in [0.29, 0.717) is 11.4 Å². The van der Waals surface area contributed by atoms with Gasteiger partial charge in [-0.1, -0.05) is 0 Å². The molecular weight excluding hydrogens is 259 g/mol. The van der Waals surface area contributed by atoms with Crippen molar-refractivity contribution in [2.24, 2.45) is 0 Å². The van der Waals surface area contributed by atoms with Crippen LogP contribution in [-0.2, 0) is 0 Å². The summed E-state index contributed by atoms with van der Waals surface area (Å²) in [6.07, 6.45) is -0.0791. The summed E-state index contributed by atoms with van der Waals surface area (Å²) in [6, 6.07) is 2.93. The monoisotopic (exact) mass is 282 g/mol. The Morgan fingerprint density at radius 2 is 1.90 bits per heavy atom. The Hall–Kier alpha value is -1.53. The summed E-state index contributed by atoms with van der Waals surface area (Å²) in [5.74, 6) is -0.203. The van der Waals surface area contributed by atoms with Crippen molar-refractivity contribution in [2.75, 3.05) is 44.4 Å². The normalized spacial score (nSPS) is 17.4. The minimum atomic E-state index is -0.430. The molecule has 0 saturated carbocycles. The number of halogens is 1. The highest BCUT2D eigenvalue weighted by Crippen LogP contribution is 2.29. The maximum atomic E-state index is 13.8. The van der Waals surface area contributed by atoms with Gasteiger partial charge in [-0.25, -0.2) is 9.40 Å². The lowest BCUT2D eigenvalue weighted by Gasteiger charge is -2.33. The summed E-state index contributed by atoms with van der Waals surface area (Å²) in [5, 5.41) is 2.09. The van der Waals surface area contributed by atoms with Gasteiger partial charge in [0.25, 0.3) is 0 Å². The Balaban J connectivity index is 2.10. The van der Waals surface area contributed by atoms with E-state index in [1.807, 2.05) is 13.8 Å². The van der Waals surface area contributed by atoms with Crippen LogP contribution in [0.4, 0.5) is 15.8 Å². The zero-order valence-corrected chi connectivity index (χ0v) is 12.3. The first kappa shape index (κ1) is 14.9. The average Bonchev–Trinajstić information content (AvgIpc) is 2.37. The van der Waals surface area contributed by atoms with E-state index in [-0.39, 0.29) is 11.9 Å². The first-order valence-corrected chi connectivity index (χ1v) is 6.91. The fourth-order valence-electron chi connectivity index (χ4n) is 2.10. The van der Waals surface area contributed by atoms with Crippen LogP contribution in [0.25, 0.3) is 0 Å². The smallest absolute Gasteiger partial charge is 0.167 e. The predicted octanol–water partition coefficient (Wildman–Crippen LogP) is 1.77. The van der Waals surface area contributed by atoms with Gasteiger partial charge in [-0.3, -0.25) is 0 Å². The first-order chi connectivity index (χ1) is 9.45. The third-order valence-corrected chi connectivity index (χ3v) is 3.25. The van der Waals surface area contributed by atoms with Crippen LogP contribution in [0, 0.1) is 5.82 Å². The van der Waals surface area contributed by atoms with Crippen LogP contribution in [0.1, 0.15) is 13.8 Å². The predicted molar refractivity (Wildman–Crippen MR) is 79.3 cm³/mol. The van der Waals surface area contributed by atoms with Gasteiger partial charge in [0.1, 0.15) is 0 Å². The number of nitrogens with two attached hydrogens (primary N) is 1. The summed E-state index contributed by atoms with van der Waals surface area (Å²) in [7, 11) is 2.10. The molecule has 20 heavy (non-hydrogen) atoms. The maximum Gasteiger partial charge on any atom is 0.167 e. The summed E-state index contributed by atoms with van der Waals surface area (Å²) in [5.41, 5.74) is 10.2. The molecule has 1 aliphatic rings. The largest absolute Gasteiger partial charge is 0.488 e. The molecule has 0 atom stereocenters. The molecule has 5 nitrogen and oxygen atoms in total. The molecule has 1 aromatic carbocycles. The maximum absolute atomic E-state index is 13.8. The number of nitrogens with zero attached hydrogens (tertiary/aromatic N) is 2. The Morgan fingerprint density at radius 3 is 2.50 bits per heavy atom. The molecule has 0 bridgehead atoms. The highest BCUT2D eigenvalue weighted by Gasteiger charge is 2.16. The van der Waals surface area contributed by atoms with E-state index in [9.17, 15) is 4.39 Å². The Labute approximate surface area is 119 Å². The fourth-order valence-corrected chi connectivity index (χ4v) is 2.10. The molecular formula is C14H23FN4O. The van der Waals surface area contributed by atoms with Crippen LogP contribution in [0.2, 0.25) is 0 Å². The number of anilines is 2. The molecule has 0 aromatic heterocycles. The van der Waals surface area contributed by atoms with E-state index in [0.717, 1.165) is 26.2 Å². The summed E-state index contributed by atoms with van der Waals surface area (Å²) >= 11 is 0. The molecule has 2 rings (SSSR count). The number of hydrazine groups is 1. The van der Waals surface area contributed by atoms with E-state index in [4.69, 9.17) is 10.5 Å². The number of hydrogen-bond donors (Lipinski definition) is 2. The number of rotatable bonds is 4. The Kier molecular flexibility index (Phi) is 4.67. The average molecular weight is 282 g/mol. The Morgan fingerprint density at radius 1 is 1.25 bits per heavy atom. The van der Waals surface area contributed by atoms with Gasteiger partial charge >= 0.3 is 0 Å². The highest BCUT2D eigenvalue weighted by molar-refractivity contribution is 5.68. The van der Waals surface area contributed by atoms with Crippen molar-refractivity contribution >= 4 is 11.4 Å². The summed E-state index contributed by atoms with van der Waals surface area (Å²) < 4.78 is 19.2.